The van der Waals surface area contributed by atoms with E-state index in [4.69, 9.17) is 11.6 Å². The number of nitrogens with zero attached hydrogens (tertiary/aromatic N) is 2. The van der Waals surface area contributed by atoms with Crippen LogP contribution in [0.2, 0.25) is 5.02 Å². The van der Waals surface area contributed by atoms with Crippen LogP contribution in [0.1, 0.15) is 31.2 Å². The van der Waals surface area contributed by atoms with Gasteiger partial charge in [0.2, 0.25) is 5.91 Å². The first-order valence-electron chi connectivity index (χ1n) is 5.84. The summed E-state index contributed by atoms with van der Waals surface area (Å²) in [6.45, 7) is 3.96. The van der Waals surface area contributed by atoms with E-state index in [1.165, 1.54) is 6.92 Å². The molecule has 0 saturated heterocycles. The van der Waals surface area contributed by atoms with Gasteiger partial charge >= 0.3 is 6.18 Å². The van der Waals surface area contributed by atoms with Crippen molar-refractivity contribution in [2.75, 3.05) is 6.54 Å². The second-order valence-electron chi connectivity index (χ2n) is 4.07. The van der Waals surface area contributed by atoms with Crippen molar-refractivity contribution in [1.82, 2.24) is 15.1 Å². The number of aryl methyl sites for hydroxylation is 1. The largest absolute Gasteiger partial charge is 0.436 e. The van der Waals surface area contributed by atoms with E-state index in [2.05, 4.69) is 10.4 Å². The molecule has 0 spiro atoms. The number of carbonyl (C=O) groups is 1. The van der Waals surface area contributed by atoms with Gasteiger partial charge in [0.1, 0.15) is 0 Å². The van der Waals surface area contributed by atoms with Crippen LogP contribution in [0.25, 0.3) is 0 Å². The monoisotopic (exact) mass is 297 g/mol. The maximum Gasteiger partial charge on any atom is 0.436 e. The fraction of sp³-hybridized carbons (Fsp3) is 0.636. The number of alkyl halides is 3. The lowest BCUT2D eigenvalue weighted by molar-refractivity contribution is -0.141. The number of aromatic nitrogens is 2. The molecule has 0 aliphatic heterocycles. The summed E-state index contributed by atoms with van der Waals surface area (Å²) in [4.78, 5) is 11.4. The van der Waals surface area contributed by atoms with Gasteiger partial charge in [-0.05, 0) is 13.3 Å². The van der Waals surface area contributed by atoms with Crippen LogP contribution in [0, 0.1) is 6.92 Å². The molecule has 1 heterocycles. The minimum Gasteiger partial charge on any atom is -0.356 e. The smallest absolute Gasteiger partial charge is 0.356 e. The molecule has 108 valence electrons. The summed E-state index contributed by atoms with van der Waals surface area (Å²) in [5.41, 5.74) is -0.905. The van der Waals surface area contributed by atoms with Crippen molar-refractivity contribution in [3.63, 3.8) is 0 Å². The Morgan fingerprint density at radius 1 is 1.47 bits per heavy atom. The van der Waals surface area contributed by atoms with E-state index in [1.54, 1.807) is 0 Å². The zero-order valence-electron chi connectivity index (χ0n) is 10.6. The summed E-state index contributed by atoms with van der Waals surface area (Å²) >= 11 is 5.59. The molecular weight excluding hydrogens is 283 g/mol. The number of hydrogen-bond acceptors (Lipinski definition) is 2. The molecule has 0 saturated carbocycles. The number of halogens is 4. The first-order chi connectivity index (χ1) is 8.77. The summed E-state index contributed by atoms with van der Waals surface area (Å²) in [6, 6.07) is 0. The van der Waals surface area contributed by atoms with Gasteiger partial charge in [-0.25, -0.2) is 0 Å². The Balaban J connectivity index is 2.73. The zero-order chi connectivity index (χ0) is 14.6. The van der Waals surface area contributed by atoms with Crippen LogP contribution in [0.5, 0.6) is 0 Å². The summed E-state index contributed by atoms with van der Waals surface area (Å²) in [6.07, 6.45) is -3.72. The predicted octanol–water partition coefficient (Wildman–Crippen LogP) is 2.78. The molecule has 0 fully saturated rings. The topological polar surface area (TPSA) is 46.9 Å². The van der Waals surface area contributed by atoms with E-state index >= 15 is 0 Å². The van der Waals surface area contributed by atoms with Gasteiger partial charge < -0.3 is 5.32 Å². The highest BCUT2D eigenvalue weighted by Crippen LogP contribution is 2.35. The molecule has 0 bridgehead atoms. The molecular formula is C11H15ClF3N3O. The quantitative estimate of drug-likeness (QED) is 0.908. The van der Waals surface area contributed by atoms with Gasteiger partial charge in [-0.2, -0.15) is 18.3 Å². The molecule has 1 amide bonds. The molecule has 1 aromatic rings. The Morgan fingerprint density at radius 3 is 2.58 bits per heavy atom. The van der Waals surface area contributed by atoms with Crippen molar-refractivity contribution in [2.45, 2.75) is 39.4 Å². The molecule has 0 radical (unpaired) electrons. The SMILES string of the molecule is CCCNC(=O)CCn1nc(C(F)(F)F)c(Cl)c1C. The second-order valence-corrected chi connectivity index (χ2v) is 4.45. The van der Waals surface area contributed by atoms with Crippen LogP contribution >= 0.6 is 11.6 Å². The fourth-order valence-electron chi connectivity index (χ4n) is 1.48. The van der Waals surface area contributed by atoms with Crippen LogP contribution in [-0.4, -0.2) is 22.2 Å². The number of amides is 1. The maximum atomic E-state index is 12.6. The Bertz CT molecular complexity index is 457. The predicted molar refractivity (Wildman–Crippen MR) is 64.9 cm³/mol. The van der Waals surface area contributed by atoms with Crippen LogP contribution < -0.4 is 5.32 Å². The average molecular weight is 298 g/mol. The lowest BCUT2D eigenvalue weighted by Crippen LogP contribution is -2.25. The van der Waals surface area contributed by atoms with Crippen molar-refractivity contribution in [3.05, 3.63) is 16.4 Å². The van der Waals surface area contributed by atoms with Crippen molar-refractivity contribution < 1.29 is 18.0 Å². The Morgan fingerprint density at radius 2 is 2.11 bits per heavy atom. The molecule has 1 N–H and O–H groups in total. The molecule has 1 rings (SSSR count). The minimum absolute atomic E-state index is 0.0656. The molecule has 8 heteroatoms. The minimum atomic E-state index is -4.59. The molecule has 0 unspecified atom stereocenters. The molecule has 0 aromatic carbocycles. The van der Waals surface area contributed by atoms with E-state index in [0.29, 0.717) is 6.54 Å². The Kier molecular flexibility index (Phi) is 5.22. The van der Waals surface area contributed by atoms with Gasteiger partial charge in [-0.1, -0.05) is 18.5 Å². The average Bonchev–Trinajstić information content (AvgIpc) is 2.61. The lowest BCUT2D eigenvalue weighted by Gasteiger charge is -2.05. The summed E-state index contributed by atoms with van der Waals surface area (Å²) in [5.74, 6) is -0.221. The van der Waals surface area contributed by atoms with Gasteiger partial charge in [-0.3, -0.25) is 9.48 Å². The third kappa shape index (κ3) is 4.12. The maximum absolute atomic E-state index is 12.6. The number of nitrogens with one attached hydrogen (secondary N) is 1. The highest BCUT2D eigenvalue weighted by Gasteiger charge is 2.38. The third-order valence-electron chi connectivity index (χ3n) is 2.52. The first-order valence-corrected chi connectivity index (χ1v) is 6.22. The van der Waals surface area contributed by atoms with Crippen LogP contribution in [0.4, 0.5) is 13.2 Å². The molecule has 1 aromatic heterocycles. The normalized spacial score (nSPS) is 11.7. The van der Waals surface area contributed by atoms with E-state index < -0.39 is 16.9 Å². The molecule has 4 nitrogen and oxygen atoms in total. The highest BCUT2D eigenvalue weighted by atomic mass is 35.5. The van der Waals surface area contributed by atoms with Gasteiger partial charge in [0, 0.05) is 13.0 Å². The number of rotatable bonds is 5. The van der Waals surface area contributed by atoms with E-state index in [0.717, 1.165) is 11.1 Å². The van der Waals surface area contributed by atoms with Gasteiger partial charge in [0.25, 0.3) is 0 Å². The Hall–Kier alpha value is -1.24. The summed E-state index contributed by atoms with van der Waals surface area (Å²) in [7, 11) is 0. The summed E-state index contributed by atoms with van der Waals surface area (Å²) in [5, 5.41) is 5.64. The number of hydrogen-bond donors (Lipinski definition) is 1. The fourth-order valence-corrected chi connectivity index (χ4v) is 1.73. The van der Waals surface area contributed by atoms with Crippen molar-refractivity contribution in [2.24, 2.45) is 0 Å². The van der Waals surface area contributed by atoms with Crippen LogP contribution in [0.3, 0.4) is 0 Å². The lowest BCUT2D eigenvalue weighted by atomic mass is 10.3. The molecule has 19 heavy (non-hydrogen) atoms. The molecule has 0 atom stereocenters. The zero-order valence-corrected chi connectivity index (χ0v) is 11.4. The standard InChI is InChI=1S/C11H15ClF3N3O/c1-3-5-16-8(19)4-6-18-7(2)9(12)10(17-18)11(13,14)15/h3-6H2,1-2H3,(H,16,19). The third-order valence-corrected chi connectivity index (χ3v) is 2.98. The van der Waals surface area contributed by atoms with Crippen molar-refractivity contribution in [1.29, 1.82) is 0 Å². The van der Waals surface area contributed by atoms with Crippen LogP contribution in [-0.2, 0) is 17.5 Å². The van der Waals surface area contributed by atoms with E-state index in [9.17, 15) is 18.0 Å². The van der Waals surface area contributed by atoms with Gasteiger partial charge in [0.15, 0.2) is 5.69 Å². The second kappa shape index (κ2) is 6.27. The molecule has 0 aliphatic carbocycles. The van der Waals surface area contributed by atoms with Crippen LogP contribution in [0.15, 0.2) is 0 Å². The Labute approximate surface area is 113 Å². The van der Waals surface area contributed by atoms with Gasteiger partial charge in [0.05, 0.1) is 17.3 Å². The van der Waals surface area contributed by atoms with E-state index in [1.807, 2.05) is 6.92 Å². The van der Waals surface area contributed by atoms with Gasteiger partial charge in [-0.15, -0.1) is 0 Å². The first kappa shape index (κ1) is 15.8. The number of carbonyl (C=O) groups excluding carboxylic acids is 1. The van der Waals surface area contributed by atoms with Crippen molar-refractivity contribution in [3.8, 4) is 0 Å². The molecule has 0 aliphatic rings. The van der Waals surface area contributed by atoms with Crippen molar-refractivity contribution >= 4 is 17.5 Å². The van der Waals surface area contributed by atoms with E-state index in [-0.39, 0.29) is 24.6 Å². The summed E-state index contributed by atoms with van der Waals surface area (Å²) < 4.78 is 38.8. The highest BCUT2D eigenvalue weighted by molar-refractivity contribution is 6.31.